The number of aromatic nitrogens is 2. The molecule has 0 aliphatic carbocycles. The van der Waals surface area contributed by atoms with Crippen molar-refractivity contribution in [3.05, 3.63) is 162 Å². The minimum Gasteiger partial charge on any atom is -0.354 e. The zero-order valence-electron chi connectivity index (χ0n) is 24.9. The van der Waals surface area contributed by atoms with Crippen LogP contribution < -0.4 is 0 Å². The van der Waals surface area contributed by atoms with Gasteiger partial charge in [-0.15, -0.1) is 0 Å². The van der Waals surface area contributed by atoms with Crippen molar-refractivity contribution in [3.63, 3.8) is 0 Å². The Hall–Kier alpha value is -6.16. The van der Waals surface area contributed by atoms with E-state index in [0.29, 0.717) is 17.9 Å². The van der Waals surface area contributed by atoms with Crippen LogP contribution in [0, 0.1) is 16.7 Å². The van der Waals surface area contributed by atoms with E-state index >= 15 is 0 Å². The number of benzene rings is 6. The van der Waals surface area contributed by atoms with Crippen LogP contribution in [0.25, 0.3) is 49.3 Å². The third kappa shape index (κ3) is 4.11. The number of amidine groups is 1. The fraction of sp³-hybridized carbons (Fsp3) is 0.0500. The summed E-state index contributed by atoms with van der Waals surface area (Å²) in [6.07, 6.45) is -0.0773. The molecule has 1 aliphatic rings. The second-order valence-electron chi connectivity index (χ2n) is 11.9. The van der Waals surface area contributed by atoms with Gasteiger partial charge in [-0.05, 0) is 59.7 Å². The third-order valence-electron chi connectivity index (χ3n) is 9.15. The molecule has 0 radical (unpaired) electrons. The maximum absolute atomic E-state index is 9.77. The number of hydrogen-bond donors (Lipinski definition) is 2. The summed E-state index contributed by atoms with van der Waals surface area (Å²) in [7, 11) is 0. The molecule has 1 aliphatic heterocycles. The number of rotatable bonds is 5. The molecular weight excluding hydrogens is 564 g/mol. The van der Waals surface area contributed by atoms with Crippen molar-refractivity contribution in [3.8, 4) is 11.8 Å². The number of H-pyrrole nitrogens is 1. The molecule has 9 rings (SSSR count). The summed E-state index contributed by atoms with van der Waals surface area (Å²) in [6.45, 7) is 0.704. The van der Waals surface area contributed by atoms with Crippen molar-refractivity contribution in [2.45, 2.75) is 12.7 Å². The molecule has 0 spiro atoms. The quantitative estimate of drug-likeness (QED) is 0.119. The van der Waals surface area contributed by atoms with Crippen LogP contribution in [0.15, 0.2) is 140 Å². The smallest absolute Gasteiger partial charge is 0.144 e. The van der Waals surface area contributed by atoms with Gasteiger partial charge in [-0.1, -0.05) is 91.0 Å². The summed E-state index contributed by atoms with van der Waals surface area (Å²) in [5.41, 5.74) is 9.19. The normalized spacial score (nSPS) is 15.9. The summed E-state index contributed by atoms with van der Waals surface area (Å²) in [5, 5.41) is 27.8. The highest BCUT2D eigenvalue weighted by molar-refractivity contribution is 6.18. The molecule has 218 valence electrons. The average Bonchev–Trinajstić information content (AvgIpc) is 3.56. The number of hydrogen-bond acceptors (Lipinski definition) is 3. The monoisotopic (exact) mass is 592 g/mol. The first kappa shape index (κ1) is 26.3. The van der Waals surface area contributed by atoms with E-state index in [4.69, 9.17) is 5.41 Å². The molecular formula is C40H28N6. The van der Waals surface area contributed by atoms with Crippen LogP contribution in [0.1, 0.15) is 28.4 Å². The standard InChI is InChI=1S/C40H28N6/c41-24-27-18-19-37-33(20-27)34-22-32-31-16-7-8-17-35(31)43-36(32)23-38(34)45(37)30-15-9-14-29(21-30)40-44(25-26-10-3-1-4-11-26)46(40)39(42)28-12-5-2-6-13-28/h1-23,40,42-43H,25H2. The molecule has 1 fully saturated rings. The number of nitrogens with zero attached hydrogens (tertiary/aromatic N) is 4. The van der Waals surface area contributed by atoms with E-state index in [-0.39, 0.29) is 6.17 Å². The molecule has 2 unspecified atom stereocenters. The summed E-state index contributed by atoms with van der Waals surface area (Å²) in [5.74, 6) is 0.481. The van der Waals surface area contributed by atoms with Gasteiger partial charge in [-0.25, -0.2) is 0 Å². The SMILES string of the molecule is N#Cc1ccc2c(c1)c1cc3c(cc1n2-c1cccc(C2N(Cc4ccccc4)N2C(=N)c2ccccc2)c1)[nH]c1ccccc13. The predicted octanol–water partition coefficient (Wildman–Crippen LogP) is 9.05. The van der Waals surface area contributed by atoms with Gasteiger partial charge >= 0.3 is 0 Å². The zero-order valence-corrected chi connectivity index (χ0v) is 24.9. The number of para-hydroxylation sites is 1. The van der Waals surface area contributed by atoms with Crippen LogP contribution in [0.2, 0.25) is 0 Å². The van der Waals surface area contributed by atoms with Crippen molar-refractivity contribution in [1.82, 2.24) is 19.6 Å². The van der Waals surface area contributed by atoms with Crippen LogP contribution in [0.3, 0.4) is 0 Å². The maximum atomic E-state index is 9.77. The number of hydrazine groups is 1. The summed E-state index contributed by atoms with van der Waals surface area (Å²) in [6, 6.07) is 50.2. The van der Waals surface area contributed by atoms with E-state index < -0.39 is 0 Å². The van der Waals surface area contributed by atoms with Gasteiger partial charge in [0.25, 0.3) is 0 Å². The lowest BCUT2D eigenvalue weighted by molar-refractivity contribution is 0.391. The molecule has 2 N–H and O–H groups in total. The van der Waals surface area contributed by atoms with Crippen molar-refractivity contribution in [1.29, 1.82) is 10.7 Å². The maximum Gasteiger partial charge on any atom is 0.144 e. The molecule has 3 heterocycles. The minimum atomic E-state index is -0.0773. The van der Waals surface area contributed by atoms with E-state index in [2.05, 4.69) is 117 Å². The Labute approximate surface area is 265 Å². The van der Waals surface area contributed by atoms with Crippen LogP contribution in [0.5, 0.6) is 0 Å². The molecule has 0 amide bonds. The molecule has 46 heavy (non-hydrogen) atoms. The Kier molecular flexibility index (Phi) is 5.82. The molecule has 1 saturated heterocycles. The second kappa shape index (κ2) is 10.2. The molecule has 6 heteroatoms. The van der Waals surface area contributed by atoms with Crippen molar-refractivity contribution >= 4 is 49.4 Å². The van der Waals surface area contributed by atoms with Crippen LogP contribution >= 0.6 is 0 Å². The van der Waals surface area contributed by atoms with E-state index in [1.807, 2.05) is 48.5 Å². The highest BCUT2D eigenvalue weighted by Crippen LogP contribution is 2.45. The van der Waals surface area contributed by atoms with Crippen LogP contribution in [-0.2, 0) is 6.54 Å². The number of nitriles is 1. The third-order valence-corrected chi connectivity index (χ3v) is 9.15. The Morgan fingerprint density at radius 3 is 2.26 bits per heavy atom. The van der Waals surface area contributed by atoms with Gasteiger partial charge in [0.15, 0.2) is 0 Å². The molecule has 2 atom stereocenters. The lowest BCUT2D eigenvalue weighted by atomic mass is 10.1. The fourth-order valence-corrected chi connectivity index (χ4v) is 6.97. The molecule has 0 saturated carbocycles. The van der Waals surface area contributed by atoms with Gasteiger partial charge in [-0.3, -0.25) is 10.4 Å². The Morgan fingerprint density at radius 2 is 1.43 bits per heavy atom. The van der Waals surface area contributed by atoms with E-state index in [0.717, 1.165) is 49.7 Å². The predicted molar refractivity (Wildman–Crippen MR) is 185 cm³/mol. The van der Waals surface area contributed by atoms with E-state index in [1.165, 1.54) is 16.3 Å². The number of fused-ring (bicyclic) bond motifs is 6. The molecule has 8 aromatic rings. The Morgan fingerprint density at radius 1 is 0.674 bits per heavy atom. The van der Waals surface area contributed by atoms with Crippen LogP contribution in [0.4, 0.5) is 0 Å². The van der Waals surface area contributed by atoms with E-state index in [1.54, 1.807) is 0 Å². The second-order valence-corrected chi connectivity index (χ2v) is 11.9. The summed E-state index contributed by atoms with van der Waals surface area (Å²) in [4.78, 5) is 3.62. The number of aromatic amines is 1. The largest absolute Gasteiger partial charge is 0.354 e. The topological polar surface area (TPSA) is 74.4 Å². The average molecular weight is 593 g/mol. The van der Waals surface area contributed by atoms with Gasteiger partial charge in [-0.2, -0.15) is 10.3 Å². The molecule has 2 aromatic heterocycles. The first-order chi connectivity index (χ1) is 22.7. The van der Waals surface area contributed by atoms with Crippen molar-refractivity contribution in [2.24, 2.45) is 0 Å². The highest BCUT2D eigenvalue weighted by Gasteiger charge is 2.48. The molecule has 0 bridgehead atoms. The first-order valence-corrected chi connectivity index (χ1v) is 15.4. The first-order valence-electron chi connectivity index (χ1n) is 15.4. The molecule has 6 nitrogen and oxygen atoms in total. The van der Waals surface area contributed by atoms with Crippen LogP contribution in [-0.4, -0.2) is 25.4 Å². The van der Waals surface area contributed by atoms with Crippen molar-refractivity contribution < 1.29 is 0 Å². The van der Waals surface area contributed by atoms with Crippen molar-refractivity contribution in [2.75, 3.05) is 0 Å². The molecule has 6 aromatic carbocycles. The Balaban J connectivity index is 1.20. The highest BCUT2D eigenvalue weighted by atomic mass is 15.9. The van der Waals surface area contributed by atoms with Gasteiger partial charge in [0.2, 0.25) is 0 Å². The van der Waals surface area contributed by atoms with Gasteiger partial charge in [0.1, 0.15) is 12.0 Å². The minimum absolute atomic E-state index is 0.0773. The lowest BCUT2D eigenvalue weighted by Gasteiger charge is -2.10. The van der Waals surface area contributed by atoms with E-state index in [9.17, 15) is 5.26 Å². The Bertz CT molecular complexity index is 2500. The number of nitrogens with one attached hydrogen (secondary N) is 2. The lowest BCUT2D eigenvalue weighted by Crippen LogP contribution is -2.16. The summed E-state index contributed by atoms with van der Waals surface area (Å²) < 4.78 is 2.30. The summed E-state index contributed by atoms with van der Waals surface area (Å²) >= 11 is 0. The van der Waals surface area contributed by atoms with Gasteiger partial charge in [0, 0.05) is 50.4 Å². The fourth-order valence-electron chi connectivity index (χ4n) is 6.97. The zero-order chi connectivity index (χ0) is 30.8. The van der Waals surface area contributed by atoms with Gasteiger partial charge < -0.3 is 9.55 Å². The van der Waals surface area contributed by atoms with Gasteiger partial charge in [0.05, 0.1) is 22.7 Å².